The van der Waals surface area contributed by atoms with Crippen LogP contribution < -0.4 is 0 Å². The molecule has 2 aromatic rings. The van der Waals surface area contributed by atoms with Gasteiger partial charge < -0.3 is 4.90 Å². The van der Waals surface area contributed by atoms with E-state index in [0.29, 0.717) is 5.92 Å². The van der Waals surface area contributed by atoms with E-state index in [4.69, 9.17) is 4.98 Å². The van der Waals surface area contributed by atoms with E-state index < -0.39 is 0 Å². The molecule has 0 atom stereocenters. The summed E-state index contributed by atoms with van der Waals surface area (Å²) < 4.78 is 1.91. The molecule has 3 heterocycles. The van der Waals surface area contributed by atoms with Crippen molar-refractivity contribution in [2.45, 2.75) is 25.7 Å². The maximum Gasteiger partial charge on any atom is 0.158 e. The quantitative estimate of drug-likeness (QED) is 0.749. The Morgan fingerprint density at radius 1 is 1.29 bits per heavy atom. The molecule has 17 heavy (non-hydrogen) atoms. The van der Waals surface area contributed by atoms with Gasteiger partial charge in [-0.3, -0.25) is 0 Å². The van der Waals surface area contributed by atoms with Gasteiger partial charge in [-0.1, -0.05) is 6.07 Å². The van der Waals surface area contributed by atoms with Gasteiger partial charge in [-0.05, 0) is 51.5 Å². The molecule has 0 aromatic carbocycles. The third kappa shape index (κ3) is 1.93. The Balaban J connectivity index is 1.93. The van der Waals surface area contributed by atoms with E-state index in [-0.39, 0.29) is 0 Å². The lowest BCUT2D eigenvalue weighted by Gasteiger charge is -2.26. The van der Waals surface area contributed by atoms with Crippen molar-refractivity contribution >= 4 is 5.65 Å². The minimum Gasteiger partial charge on any atom is -0.306 e. The predicted molar refractivity (Wildman–Crippen MR) is 67.2 cm³/mol. The SMILES string of the molecule is Cc1cccn2nc(C3CCN(C)CC3)nc12. The first kappa shape index (κ1) is 10.7. The summed E-state index contributed by atoms with van der Waals surface area (Å²) in [5.74, 6) is 1.55. The summed E-state index contributed by atoms with van der Waals surface area (Å²) in [6.07, 6.45) is 4.33. The highest BCUT2D eigenvalue weighted by Gasteiger charge is 2.22. The van der Waals surface area contributed by atoms with Gasteiger partial charge in [0, 0.05) is 12.1 Å². The summed E-state index contributed by atoms with van der Waals surface area (Å²) in [4.78, 5) is 7.07. The summed E-state index contributed by atoms with van der Waals surface area (Å²) in [6, 6.07) is 4.11. The number of aryl methyl sites for hydroxylation is 1. The van der Waals surface area contributed by atoms with Gasteiger partial charge in [0.1, 0.15) is 0 Å². The molecule has 0 radical (unpaired) electrons. The number of fused-ring (bicyclic) bond motifs is 1. The Morgan fingerprint density at radius 3 is 2.76 bits per heavy atom. The molecule has 1 fully saturated rings. The molecular formula is C13H18N4. The number of aromatic nitrogens is 3. The second kappa shape index (κ2) is 4.11. The zero-order valence-corrected chi connectivity index (χ0v) is 10.4. The number of nitrogens with zero attached hydrogens (tertiary/aromatic N) is 4. The van der Waals surface area contributed by atoms with Gasteiger partial charge in [0.15, 0.2) is 11.5 Å². The van der Waals surface area contributed by atoms with E-state index >= 15 is 0 Å². The minimum absolute atomic E-state index is 0.533. The zero-order chi connectivity index (χ0) is 11.8. The van der Waals surface area contributed by atoms with E-state index in [1.54, 1.807) is 0 Å². The summed E-state index contributed by atoms with van der Waals surface area (Å²) >= 11 is 0. The van der Waals surface area contributed by atoms with Crippen molar-refractivity contribution < 1.29 is 0 Å². The Morgan fingerprint density at radius 2 is 2.06 bits per heavy atom. The van der Waals surface area contributed by atoms with Gasteiger partial charge in [0.05, 0.1) is 0 Å². The number of hydrogen-bond acceptors (Lipinski definition) is 3. The zero-order valence-electron chi connectivity index (χ0n) is 10.4. The minimum atomic E-state index is 0.533. The number of rotatable bonds is 1. The van der Waals surface area contributed by atoms with Gasteiger partial charge in [0.25, 0.3) is 0 Å². The van der Waals surface area contributed by atoms with E-state index in [1.807, 2.05) is 16.8 Å². The Bertz CT molecular complexity index is 523. The average Bonchev–Trinajstić information content (AvgIpc) is 2.75. The van der Waals surface area contributed by atoms with E-state index in [0.717, 1.165) is 24.6 Å². The molecule has 4 nitrogen and oxygen atoms in total. The summed E-state index contributed by atoms with van der Waals surface area (Å²) in [7, 11) is 2.18. The first-order valence-corrected chi connectivity index (χ1v) is 6.24. The van der Waals surface area contributed by atoms with Gasteiger partial charge in [-0.15, -0.1) is 0 Å². The van der Waals surface area contributed by atoms with Crippen LogP contribution >= 0.6 is 0 Å². The maximum atomic E-state index is 4.69. The molecule has 2 aromatic heterocycles. The van der Waals surface area contributed by atoms with E-state index in [2.05, 4.69) is 30.0 Å². The van der Waals surface area contributed by atoms with E-state index in [9.17, 15) is 0 Å². The van der Waals surface area contributed by atoms with Crippen LogP contribution in [0.15, 0.2) is 18.3 Å². The third-order valence-electron chi connectivity index (χ3n) is 3.66. The van der Waals surface area contributed by atoms with Crippen LogP contribution in [0.5, 0.6) is 0 Å². The van der Waals surface area contributed by atoms with Gasteiger partial charge in [-0.2, -0.15) is 5.10 Å². The molecule has 1 saturated heterocycles. The van der Waals surface area contributed by atoms with Crippen molar-refractivity contribution in [1.82, 2.24) is 19.5 Å². The lowest BCUT2D eigenvalue weighted by Crippen LogP contribution is -2.29. The van der Waals surface area contributed by atoms with Crippen molar-refractivity contribution in [1.29, 1.82) is 0 Å². The second-order valence-corrected chi connectivity index (χ2v) is 5.01. The average molecular weight is 230 g/mol. The van der Waals surface area contributed by atoms with Crippen LogP contribution in [0, 0.1) is 6.92 Å². The van der Waals surface area contributed by atoms with Crippen LogP contribution in [-0.4, -0.2) is 39.6 Å². The van der Waals surface area contributed by atoms with Crippen LogP contribution in [-0.2, 0) is 0 Å². The van der Waals surface area contributed by atoms with Crippen LogP contribution in [0.2, 0.25) is 0 Å². The predicted octanol–water partition coefficient (Wildman–Crippen LogP) is 1.85. The monoisotopic (exact) mass is 230 g/mol. The number of likely N-dealkylation sites (tertiary alicyclic amines) is 1. The number of hydrogen-bond donors (Lipinski definition) is 0. The van der Waals surface area contributed by atoms with Crippen molar-refractivity contribution in [3.8, 4) is 0 Å². The largest absolute Gasteiger partial charge is 0.306 e. The molecule has 4 heteroatoms. The highest BCUT2D eigenvalue weighted by Crippen LogP contribution is 2.25. The highest BCUT2D eigenvalue weighted by atomic mass is 15.3. The van der Waals surface area contributed by atoms with Gasteiger partial charge in [0.2, 0.25) is 0 Å². The molecule has 3 rings (SSSR count). The standard InChI is InChI=1S/C13H18N4/c1-10-4-3-7-17-13(10)14-12(15-17)11-5-8-16(2)9-6-11/h3-4,7,11H,5-6,8-9H2,1-2H3. The van der Waals surface area contributed by atoms with Gasteiger partial charge >= 0.3 is 0 Å². The number of piperidine rings is 1. The Hall–Kier alpha value is -1.42. The molecule has 0 spiro atoms. The van der Waals surface area contributed by atoms with Crippen LogP contribution in [0.4, 0.5) is 0 Å². The number of pyridine rings is 1. The van der Waals surface area contributed by atoms with E-state index in [1.165, 1.54) is 18.4 Å². The van der Waals surface area contributed by atoms with Gasteiger partial charge in [-0.25, -0.2) is 9.50 Å². The summed E-state index contributed by atoms with van der Waals surface area (Å²) in [5.41, 5.74) is 2.20. The molecule has 1 aliphatic rings. The Kier molecular flexibility index (Phi) is 2.59. The molecule has 0 bridgehead atoms. The lowest BCUT2D eigenvalue weighted by atomic mass is 9.97. The van der Waals surface area contributed by atoms with Crippen LogP contribution in [0.25, 0.3) is 5.65 Å². The topological polar surface area (TPSA) is 33.4 Å². The molecule has 1 aliphatic heterocycles. The molecule has 90 valence electrons. The summed E-state index contributed by atoms with van der Waals surface area (Å²) in [6.45, 7) is 4.39. The maximum absolute atomic E-state index is 4.69. The van der Waals surface area contributed by atoms with Crippen molar-refractivity contribution in [2.75, 3.05) is 20.1 Å². The molecule has 0 N–H and O–H groups in total. The van der Waals surface area contributed by atoms with Crippen LogP contribution in [0.3, 0.4) is 0 Å². The normalized spacial score (nSPS) is 18.9. The fourth-order valence-corrected chi connectivity index (χ4v) is 2.50. The van der Waals surface area contributed by atoms with Crippen molar-refractivity contribution in [3.05, 3.63) is 29.7 Å². The summed E-state index contributed by atoms with van der Waals surface area (Å²) in [5, 5.41) is 4.61. The fraction of sp³-hybridized carbons (Fsp3) is 0.538. The Labute approximate surface area is 101 Å². The second-order valence-electron chi connectivity index (χ2n) is 5.01. The molecule has 0 saturated carbocycles. The van der Waals surface area contributed by atoms with Crippen molar-refractivity contribution in [2.24, 2.45) is 0 Å². The smallest absolute Gasteiger partial charge is 0.158 e. The molecule has 0 aliphatic carbocycles. The van der Waals surface area contributed by atoms with Crippen LogP contribution in [0.1, 0.15) is 30.1 Å². The molecule has 0 amide bonds. The molecule has 0 unspecified atom stereocenters. The highest BCUT2D eigenvalue weighted by molar-refractivity contribution is 5.46. The van der Waals surface area contributed by atoms with Crippen molar-refractivity contribution in [3.63, 3.8) is 0 Å². The first-order chi connectivity index (χ1) is 8.24. The third-order valence-corrected chi connectivity index (χ3v) is 3.66. The fourth-order valence-electron chi connectivity index (χ4n) is 2.50. The first-order valence-electron chi connectivity index (χ1n) is 6.24. The lowest BCUT2D eigenvalue weighted by molar-refractivity contribution is 0.251. The molecular weight excluding hydrogens is 212 g/mol.